The minimum atomic E-state index is -1.37. The zero-order valence-corrected chi connectivity index (χ0v) is 18.6. The molecule has 0 amide bonds. The number of halogens is 4. The Bertz CT molecular complexity index is 991. The summed E-state index contributed by atoms with van der Waals surface area (Å²) in [6.45, 7) is 8.95. The minimum absolute atomic E-state index is 0.0205. The molecule has 1 aliphatic rings. The maximum atomic E-state index is 14.8. The molecule has 0 nitrogen and oxygen atoms in total. The van der Waals surface area contributed by atoms with Gasteiger partial charge in [-0.25, -0.2) is 17.6 Å². The molecule has 0 radical (unpaired) electrons. The number of hydrogen-bond acceptors (Lipinski definition) is 0. The monoisotopic (exact) mass is 430 g/mol. The molecular formula is C27H30F4. The fourth-order valence-corrected chi connectivity index (χ4v) is 4.24. The van der Waals surface area contributed by atoms with E-state index in [-0.39, 0.29) is 24.2 Å². The number of rotatable bonds is 7. The lowest BCUT2D eigenvalue weighted by Gasteiger charge is -2.30. The fraction of sp³-hybridized carbons (Fsp3) is 0.407. The second-order valence-corrected chi connectivity index (χ2v) is 9.13. The van der Waals surface area contributed by atoms with E-state index in [0.717, 1.165) is 22.3 Å². The number of alkyl halides is 1. The molecule has 0 fully saturated rings. The first-order chi connectivity index (χ1) is 14.6. The standard InChI is InChI=1S/C27H30F4/c1-17(2)5-7-19-13-25(29)23(26(30)14-19)10-9-21-16-27(4,31)12-11-22(21)20-8-6-18(3)24(28)15-20/h6,8,13-15H,1,5,7,9-12,16H2,2-4H3. The Morgan fingerprint density at radius 3 is 2.29 bits per heavy atom. The first-order valence-corrected chi connectivity index (χ1v) is 10.8. The lowest BCUT2D eigenvalue weighted by molar-refractivity contribution is 0.169. The number of aryl methyl sites for hydroxylation is 2. The van der Waals surface area contributed by atoms with Gasteiger partial charge in [0, 0.05) is 12.0 Å². The van der Waals surface area contributed by atoms with Crippen LogP contribution in [-0.2, 0) is 12.8 Å². The van der Waals surface area contributed by atoms with Crippen molar-refractivity contribution in [3.05, 3.63) is 87.8 Å². The summed E-state index contributed by atoms with van der Waals surface area (Å²) in [5.41, 5.74) is 3.20. The molecule has 0 aromatic heterocycles. The molecule has 1 atom stereocenters. The molecule has 1 aliphatic carbocycles. The zero-order chi connectivity index (χ0) is 22.8. The van der Waals surface area contributed by atoms with Gasteiger partial charge in [0.05, 0.1) is 0 Å². The van der Waals surface area contributed by atoms with Gasteiger partial charge in [0.2, 0.25) is 0 Å². The SMILES string of the molecule is C=C(C)CCc1cc(F)c(CCC2=C(c3ccc(C)c(F)c3)CCC(C)(F)C2)c(F)c1. The highest BCUT2D eigenvalue weighted by Gasteiger charge is 2.31. The van der Waals surface area contributed by atoms with Crippen LogP contribution < -0.4 is 0 Å². The summed E-state index contributed by atoms with van der Waals surface area (Å²) >= 11 is 0. The van der Waals surface area contributed by atoms with Gasteiger partial charge in [0.15, 0.2) is 0 Å². The Labute approximate surface area is 182 Å². The van der Waals surface area contributed by atoms with Gasteiger partial charge >= 0.3 is 0 Å². The van der Waals surface area contributed by atoms with E-state index in [9.17, 15) is 17.6 Å². The van der Waals surface area contributed by atoms with Crippen LogP contribution >= 0.6 is 0 Å². The average Bonchev–Trinajstić information content (AvgIpc) is 2.67. The van der Waals surface area contributed by atoms with E-state index in [0.29, 0.717) is 43.2 Å². The van der Waals surface area contributed by atoms with Crippen LogP contribution in [-0.4, -0.2) is 5.67 Å². The van der Waals surface area contributed by atoms with Crippen LogP contribution in [0.2, 0.25) is 0 Å². The summed E-state index contributed by atoms with van der Waals surface area (Å²) in [6.07, 6.45) is 2.72. The summed E-state index contributed by atoms with van der Waals surface area (Å²) < 4.78 is 58.2. The molecule has 2 aromatic rings. The summed E-state index contributed by atoms with van der Waals surface area (Å²) in [4.78, 5) is 0. The first-order valence-electron chi connectivity index (χ1n) is 10.8. The molecule has 1 unspecified atom stereocenters. The molecule has 0 N–H and O–H groups in total. The van der Waals surface area contributed by atoms with Crippen molar-refractivity contribution in [2.45, 2.75) is 71.4 Å². The van der Waals surface area contributed by atoms with Crippen LogP contribution in [0, 0.1) is 24.4 Å². The lowest BCUT2D eigenvalue weighted by atomic mass is 9.78. The molecule has 0 aliphatic heterocycles. The van der Waals surface area contributed by atoms with E-state index >= 15 is 0 Å². The van der Waals surface area contributed by atoms with E-state index < -0.39 is 17.3 Å². The normalized spacial score (nSPS) is 19.1. The highest BCUT2D eigenvalue weighted by atomic mass is 19.1. The van der Waals surface area contributed by atoms with Crippen LogP contribution in [0.3, 0.4) is 0 Å². The summed E-state index contributed by atoms with van der Waals surface area (Å²) in [5, 5.41) is 0. The van der Waals surface area contributed by atoms with Crippen LogP contribution in [0.15, 0.2) is 48.1 Å². The van der Waals surface area contributed by atoms with Crippen molar-refractivity contribution in [2.75, 3.05) is 0 Å². The number of benzene rings is 2. The topological polar surface area (TPSA) is 0 Å². The van der Waals surface area contributed by atoms with Gasteiger partial charge in [0.25, 0.3) is 0 Å². The number of allylic oxidation sites excluding steroid dienone is 3. The van der Waals surface area contributed by atoms with Gasteiger partial charge in [-0.3, -0.25) is 0 Å². The Balaban J connectivity index is 1.86. The largest absolute Gasteiger partial charge is 0.244 e. The Kier molecular flexibility index (Phi) is 7.08. The first kappa shape index (κ1) is 23.3. The number of hydrogen-bond donors (Lipinski definition) is 0. The van der Waals surface area contributed by atoms with Crippen LogP contribution in [0.5, 0.6) is 0 Å². The van der Waals surface area contributed by atoms with Gasteiger partial charge in [-0.05, 0) is 99.8 Å². The molecule has 166 valence electrons. The van der Waals surface area contributed by atoms with Gasteiger partial charge in [-0.1, -0.05) is 23.3 Å². The zero-order valence-electron chi connectivity index (χ0n) is 18.6. The summed E-state index contributed by atoms with van der Waals surface area (Å²) in [7, 11) is 0. The lowest BCUT2D eigenvalue weighted by Crippen LogP contribution is -2.23. The third-order valence-electron chi connectivity index (χ3n) is 6.14. The maximum absolute atomic E-state index is 14.8. The van der Waals surface area contributed by atoms with Crippen molar-refractivity contribution in [3.8, 4) is 0 Å². The molecule has 0 saturated carbocycles. The highest BCUT2D eigenvalue weighted by molar-refractivity contribution is 5.70. The molecule has 3 rings (SSSR count). The van der Waals surface area contributed by atoms with E-state index in [1.165, 1.54) is 18.2 Å². The molecular weight excluding hydrogens is 400 g/mol. The summed E-state index contributed by atoms with van der Waals surface area (Å²) in [6, 6.07) is 7.79. The highest BCUT2D eigenvalue weighted by Crippen LogP contribution is 2.41. The van der Waals surface area contributed by atoms with Crippen LogP contribution in [0.4, 0.5) is 17.6 Å². The Morgan fingerprint density at radius 2 is 1.68 bits per heavy atom. The molecule has 31 heavy (non-hydrogen) atoms. The smallest absolute Gasteiger partial charge is 0.129 e. The maximum Gasteiger partial charge on any atom is 0.129 e. The molecule has 0 saturated heterocycles. The van der Waals surface area contributed by atoms with E-state index in [1.807, 2.05) is 13.0 Å². The fourth-order valence-electron chi connectivity index (χ4n) is 4.24. The van der Waals surface area contributed by atoms with E-state index in [4.69, 9.17) is 0 Å². The van der Waals surface area contributed by atoms with Crippen molar-refractivity contribution >= 4 is 5.57 Å². The third-order valence-corrected chi connectivity index (χ3v) is 6.14. The molecule has 0 spiro atoms. The predicted octanol–water partition coefficient (Wildman–Crippen LogP) is 8.22. The second kappa shape index (κ2) is 9.42. The van der Waals surface area contributed by atoms with Crippen molar-refractivity contribution in [3.63, 3.8) is 0 Å². The van der Waals surface area contributed by atoms with Crippen LogP contribution in [0.25, 0.3) is 5.57 Å². The molecule has 0 heterocycles. The van der Waals surface area contributed by atoms with Crippen molar-refractivity contribution in [1.82, 2.24) is 0 Å². The Hall–Kier alpha value is -2.36. The molecule has 4 heteroatoms. The van der Waals surface area contributed by atoms with Gasteiger partial charge in [-0.2, -0.15) is 0 Å². The summed E-state index contributed by atoms with van der Waals surface area (Å²) in [5.74, 6) is -1.45. The van der Waals surface area contributed by atoms with Crippen molar-refractivity contribution in [1.29, 1.82) is 0 Å². The van der Waals surface area contributed by atoms with Crippen LogP contribution in [0.1, 0.15) is 68.2 Å². The minimum Gasteiger partial charge on any atom is -0.244 e. The quantitative estimate of drug-likeness (QED) is 0.307. The molecule has 2 aromatic carbocycles. The molecule has 0 bridgehead atoms. The van der Waals surface area contributed by atoms with Gasteiger partial charge in [-0.15, -0.1) is 6.58 Å². The van der Waals surface area contributed by atoms with Gasteiger partial charge in [0.1, 0.15) is 23.1 Å². The van der Waals surface area contributed by atoms with Gasteiger partial charge < -0.3 is 0 Å². The Morgan fingerprint density at radius 1 is 1.00 bits per heavy atom. The third kappa shape index (κ3) is 5.87. The van der Waals surface area contributed by atoms with E-state index in [1.54, 1.807) is 19.9 Å². The predicted molar refractivity (Wildman–Crippen MR) is 119 cm³/mol. The van der Waals surface area contributed by atoms with Crippen molar-refractivity contribution < 1.29 is 17.6 Å². The van der Waals surface area contributed by atoms with Crippen molar-refractivity contribution in [2.24, 2.45) is 0 Å². The second-order valence-electron chi connectivity index (χ2n) is 9.13. The van der Waals surface area contributed by atoms with E-state index in [2.05, 4.69) is 6.58 Å². The average molecular weight is 431 g/mol.